The van der Waals surface area contributed by atoms with Gasteiger partial charge in [-0.05, 0) is 28.4 Å². The summed E-state index contributed by atoms with van der Waals surface area (Å²) in [5.74, 6) is 0.239. The molecule has 3 heteroatoms. The first-order chi connectivity index (χ1) is 5.66. The summed E-state index contributed by atoms with van der Waals surface area (Å²) < 4.78 is 1.13. The Morgan fingerprint density at radius 1 is 1.83 bits per heavy atom. The van der Waals surface area contributed by atoms with E-state index in [9.17, 15) is 0 Å². The first kappa shape index (κ1) is 8.28. The summed E-state index contributed by atoms with van der Waals surface area (Å²) in [6, 6.07) is 4.46. The van der Waals surface area contributed by atoms with E-state index >= 15 is 0 Å². The number of halogens is 1. The van der Waals surface area contributed by atoms with Crippen molar-refractivity contribution >= 4 is 27.3 Å². The third kappa shape index (κ3) is 1.10. The van der Waals surface area contributed by atoms with E-state index in [4.69, 9.17) is 5.26 Å². The van der Waals surface area contributed by atoms with Crippen LogP contribution in [0.4, 0.5) is 0 Å². The minimum Gasteiger partial charge on any atom is -0.198 e. The summed E-state index contributed by atoms with van der Waals surface area (Å²) in [5, 5.41) is 10.8. The second kappa shape index (κ2) is 2.58. The fourth-order valence-electron chi connectivity index (χ4n) is 1.44. The van der Waals surface area contributed by atoms with Crippen molar-refractivity contribution in [1.29, 1.82) is 5.26 Å². The number of nitriles is 1. The lowest BCUT2D eigenvalue weighted by Gasteiger charge is -2.03. The third-order valence-electron chi connectivity index (χ3n) is 2.52. The zero-order valence-corrected chi connectivity index (χ0v) is 9.08. The molecular weight excluding hydrogens is 234 g/mol. The van der Waals surface area contributed by atoms with Gasteiger partial charge in [-0.25, -0.2) is 0 Å². The molecule has 0 bridgehead atoms. The van der Waals surface area contributed by atoms with Gasteiger partial charge >= 0.3 is 0 Å². The van der Waals surface area contributed by atoms with Crippen LogP contribution in [0.25, 0.3) is 0 Å². The molecular formula is C9H8BrNS. The summed E-state index contributed by atoms with van der Waals surface area (Å²) in [6.45, 7) is 2.17. The van der Waals surface area contributed by atoms with Crippen molar-refractivity contribution < 1.29 is 0 Å². The zero-order chi connectivity index (χ0) is 8.77. The van der Waals surface area contributed by atoms with Crippen molar-refractivity contribution in [2.45, 2.75) is 18.8 Å². The molecule has 0 radical (unpaired) electrons. The van der Waals surface area contributed by atoms with E-state index in [1.165, 1.54) is 4.88 Å². The molecule has 1 nitrogen and oxygen atoms in total. The van der Waals surface area contributed by atoms with Crippen molar-refractivity contribution in [3.63, 3.8) is 0 Å². The second-order valence-corrected chi connectivity index (χ2v) is 5.26. The highest BCUT2D eigenvalue weighted by molar-refractivity contribution is 9.10. The SMILES string of the molecule is CC1(c2cc(Br)cs2)CC1C#N. The molecule has 1 saturated carbocycles. The average Bonchev–Trinajstić information content (AvgIpc) is 2.50. The molecule has 0 amide bonds. The Labute approximate surface area is 84.2 Å². The van der Waals surface area contributed by atoms with Gasteiger partial charge in [0.2, 0.25) is 0 Å². The highest BCUT2D eigenvalue weighted by Gasteiger charge is 2.52. The van der Waals surface area contributed by atoms with Crippen molar-refractivity contribution in [3.05, 3.63) is 20.8 Å². The monoisotopic (exact) mass is 241 g/mol. The van der Waals surface area contributed by atoms with Crippen LogP contribution in [-0.2, 0) is 5.41 Å². The van der Waals surface area contributed by atoms with Gasteiger partial charge in [-0.15, -0.1) is 11.3 Å². The number of thiophene rings is 1. The first-order valence-electron chi connectivity index (χ1n) is 3.81. The van der Waals surface area contributed by atoms with E-state index in [2.05, 4.69) is 40.4 Å². The van der Waals surface area contributed by atoms with Gasteiger partial charge in [0, 0.05) is 20.1 Å². The normalized spacial score (nSPS) is 32.9. The molecule has 1 aromatic heterocycles. The van der Waals surface area contributed by atoms with Gasteiger partial charge in [0.1, 0.15) is 0 Å². The lowest BCUT2D eigenvalue weighted by Crippen LogP contribution is -1.99. The molecule has 1 aromatic rings. The highest BCUT2D eigenvalue weighted by atomic mass is 79.9. The predicted molar refractivity (Wildman–Crippen MR) is 53.1 cm³/mol. The van der Waals surface area contributed by atoms with Crippen LogP contribution in [0.15, 0.2) is 15.9 Å². The molecule has 0 aromatic carbocycles. The molecule has 2 atom stereocenters. The fourth-order valence-corrected chi connectivity index (χ4v) is 3.10. The Kier molecular flexibility index (Phi) is 1.78. The molecule has 2 rings (SSSR count). The molecule has 1 aliphatic carbocycles. The zero-order valence-electron chi connectivity index (χ0n) is 6.67. The fraction of sp³-hybridized carbons (Fsp3) is 0.444. The minimum atomic E-state index is 0.158. The van der Waals surface area contributed by atoms with Gasteiger partial charge < -0.3 is 0 Å². The van der Waals surface area contributed by atoms with Crippen molar-refractivity contribution in [2.75, 3.05) is 0 Å². The molecule has 0 saturated heterocycles. The van der Waals surface area contributed by atoms with E-state index in [0.29, 0.717) is 0 Å². The van der Waals surface area contributed by atoms with Gasteiger partial charge in [0.05, 0.1) is 12.0 Å². The highest BCUT2D eigenvalue weighted by Crippen LogP contribution is 2.55. The predicted octanol–water partition coefficient (Wildman–Crippen LogP) is 3.31. The van der Waals surface area contributed by atoms with E-state index < -0.39 is 0 Å². The third-order valence-corrected chi connectivity index (χ3v) is 4.49. The van der Waals surface area contributed by atoms with E-state index in [-0.39, 0.29) is 11.3 Å². The maximum absolute atomic E-state index is 8.75. The smallest absolute Gasteiger partial charge is 0.0665 e. The minimum absolute atomic E-state index is 0.158. The van der Waals surface area contributed by atoms with E-state index in [1.807, 2.05) is 0 Å². The summed E-state index contributed by atoms with van der Waals surface area (Å²) in [6.07, 6.45) is 1.02. The molecule has 1 fully saturated rings. The van der Waals surface area contributed by atoms with Crippen LogP contribution in [0.3, 0.4) is 0 Å². The molecule has 12 heavy (non-hydrogen) atoms. The molecule has 1 heterocycles. The molecule has 0 spiro atoms. The summed E-state index contributed by atoms with van der Waals surface area (Å²) >= 11 is 5.16. The van der Waals surface area contributed by atoms with Gasteiger partial charge in [-0.2, -0.15) is 5.26 Å². The van der Waals surface area contributed by atoms with Crippen LogP contribution >= 0.6 is 27.3 Å². The van der Waals surface area contributed by atoms with Crippen molar-refractivity contribution in [3.8, 4) is 6.07 Å². The number of rotatable bonds is 1. The van der Waals surface area contributed by atoms with Crippen molar-refractivity contribution in [2.24, 2.45) is 5.92 Å². The quantitative estimate of drug-likeness (QED) is 0.741. The Bertz CT molecular complexity index is 352. The molecule has 1 aliphatic rings. The Hall–Kier alpha value is -0.330. The molecule has 2 unspecified atom stereocenters. The van der Waals surface area contributed by atoms with Crippen LogP contribution in [0.2, 0.25) is 0 Å². The summed E-state index contributed by atoms with van der Waals surface area (Å²) in [7, 11) is 0. The lowest BCUT2D eigenvalue weighted by molar-refractivity contribution is 0.760. The second-order valence-electron chi connectivity index (χ2n) is 3.43. The Balaban J connectivity index is 2.29. The van der Waals surface area contributed by atoms with E-state index in [0.717, 1.165) is 10.9 Å². The first-order valence-corrected chi connectivity index (χ1v) is 5.48. The van der Waals surface area contributed by atoms with Crippen LogP contribution in [0.1, 0.15) is 18.2 Å². The number of hydrogen-bond acceptors (Lipinski definition) is 2. The van der Waals surface area contributed by atoms with Crippen LogP contribution < -0.4 is 0 Å². The maximum Gasteiger partial charge on any atom is 0.0665 e. The van der Waals surface area contributed by atoms with Gasteiger partial charge in [0.25, 0.3) is 0 Å². The van der Waals surface area contributed by atoms with Gasteiger partial charge in [-0.3, -0.25) is 0 Å². The molecule has 62 valence electrons. The largest absolute Gasteiger partial charge is 0.198 e. The molecule has 0 aliphatic heterocycles. The topological polar surface area (TPSA) is 23.8 Å². The van der Waals surface area contributed by atoms with Crippen LogP contribution in [-0.4, -0.2) is 0 Å². The standard InChI is InChI=1S/C9H8BrNS/c1-9(3-6(9)4-11)8-2-7(10)5-12-8/h2,5-6H,3H2,1H3. The van der Waals surface area contributed by atoms with Gasteiger partial charge in [0.15, 0.2) is 0 Å². The number of nitrogens with zero attached hydrogens (tertiary/aromatic N) is 1. The van der Waals surface area contributed by atoms with E-state index in [1.54, 1.807) is 11.3 Å². The van der Waals surface area contributed by atoms with Gasteiger partial charge in [-0.1, -0.05) is 6.92 Å². The lowest BCUT2D eigenvalue weighted by atomic mass is 10.1. The van der Waals surface area contributed by atoms with Crippen molar-refractivity contribution in [1.82, 2.24) is 0 Å². The Morgan fingerprint density at radius 3 is 3.00 bits per heavy atom. The maximum atomic E-state index is 8.75. The molecule has 0 N–H and O–H groups in total. The summed E-state index contributed by atoms with van der Waals surface area (Å²) in [4.78, 5) is 1.33. The average molecular weight is 242 g/mol. The number of hydrogen-bond donors (Lipinski definition) is 0. The Morgan fingerprint density at radius 2 is 2.58 bits per heavy atom. The van der Waals surface area contributed by atoms with Crippen LogP contribution in [0.5, 0.6) is 0 Å². The van der Waals surface area contributed by atoms with Crippen LogP contribution in [0, 0.1) is 17.2 Å². The summed E-state index contributed by atoms with van der Waals surface area (Å²) in [5.41, 5.74) is 0.158.